The zero-order valence-corrected chi connectivity index (χ0v) is 10.1. The molecular weight excluding hydrogens is 204 g/mol. The van der Waals surface area contributed by atoms with Crippen LogP contribution >= 0.6 is 0 Å². The van der Waals surface area contributed by atoms with E-state index in [1.165, 1.54) is 19.3 Å². The van der Waals surface area contributed by atoms with Crippen LogP contribution in [0, 0.1) is 11.8 Å². The van der Waals surface area contributed by atoms with Crippen LogP contribution < -0.4 is 0 Å². The molecule has 2 fully saturated rings. The standard InChI is InChI=1S/C13H22O3/c1-13(15-8-9-16-13)7-6-11-4-2-3-5-12(11)10-14/h10-12H,2-9H2,1H3/t11-,12-/m0/s1. The summed E-state index contributed by atoms with van der Waals surface area (Å²) in [7, 11) is 0. The average molecular weight is 226 g/mol. The number of rotatable bonds is 4. The largest absolute Gasteiger partial charge is 0.348 e. The van der Waals surface area contributed by atoms with Crippen molar-refractivity contribution < 1.29 is 14.3 Å². The summed E-state index contributed by atoms with van der Waals surface area (Å²) >= 11 is 0. The monoisotopic (exact) mass is 226 g/mol. The Labute approximate surface area is 97.5 Å². The third-order valence-corrected chi connectivity index (χ3v) is 4.01. The van der Waals surface area contributed by atoms with Crippen molar-refractivity contribution in [2.75, 3.05) is 13.2 Å². The van der Waals surface area contributed by atoms with Crippen LogP contribution in [0.15, 0.2) is 0 Å². The lowest BCUT2D eigenvalue weighted by Gasteiger charge is -2.30. The van der Waals surface area contributed by atoms with E-state index in [2.05, 4.69) is 0 Å². The Morgan fingerprint density at radius 3 is 2.62 bits per heavy atom. The van der Waals surface area contributed by atoms with Crippen molar-refractivity contribution in [3.8, 4) is 0 Å². The van der Waals surface area contributed by atoms with Crippen molar-refractivity contribution in [2.45, 2.75) is 51.2 Å². The first-order valence-corrected chi connectivity index (χ1v) is 6.47. The van der Waals surface area contributed by atoms with E-state index in [1.54, 1.807) is 0 Å². The molecule has 0 aromatic heterocycles. The molecule has 2 aliphatic rings. The Morgan fingerprint density at radius 2 is 1.94 bits per heavy atom. The first-order chi connectivity index (χ1) is 7.73. The predicted octanol–water partition coefficient (Wildman–Crippen LogP) is 2.53. The van der Waals surface area contributed by atoms with Gasteiger partial charge in [0.25, 0.3) is 0 Å². The number of carbonyl (C=O) groups is 1. The maximum Gasteiger partial charge on any atom is 0.165 e. The van der Waals surface area contributed by atoms with Gasteiger partial charge in [0, 0.05) is 12.3 Å². The normalized spacial score (nSPS) is 33.8. The summed E-state index contributed by atoms with van der Waals surface area (Å²) in [5.41, 5.74) is 0. The Balaban J connectivity index is 1.81. The molecule has 0 radical (unpaired) electrons. The van der Waals surface area contributed by atoms with Gasteiger partial charge in [0.1, 0.15) is 6.29 Å². The summed E-state index contributed by atoms with van der Waals surface area (Å²) in [6, 6.07) is 0. The van der Waals surface area contributed by atoms with Crippen molar-refractivity contribution in [3.63, 3.8) is 0 Å². The van der Waals surface area contributed by atoms with Gasteiger partial charge >= 0.3 is 0 Å². The van der Waals surface area contributed by atoms with Gasteiger partial charge in [-0.1, -0.05) is 12.8 Å². The fourth-order valence-electron chi connectivity index (χ4n) is 2.92. The maximum absolute atomic E-state index is 11.0. The molecule has 0 amide bonds. The fraction of sp³-hybridized carbons (Fsp3) is 0.923. The number of hydrogen-bond acceptors (Lipinski definition) is 3. The average Bonchev–Trinajstić information content (AvgIpc) is 2.74. The zero-order valence-electron chi connectivity index (χ0n) is 10.1. The van der Waals surface area contributed by atoms with Gasteiger partial charge in [0.2, 0.25) is 0 Å². The van der Waals surface area contributed by atoms with E-state index < -0.39 is 0 Å². The van der Waals surface area contributed by atoms with Crippen molar-refractivity contribution in [1.82, 2.24) is 0 Å². The Hall–Kier alpha value is -0.410. The first kappa shape index (κ1) is 12.1. The number of aldehydes is 1. The molecule has 1 heterocycles. The highest BCUT2D eigenvalue weighted by atomic mass is 16.7. The van der Waals surface area contributed by atoms with Crippen LogP contribution in [-0.2, 0) is 14.3 Å². The zero-order chi connectivity index (χ0) is 11.4. The second-order valence-electron chi connectivity index (χ2n) is 5.21. The number of ether oxygens (including phenoxy) is 2. The maximum atomic E-state index is 11.0. The van der Waals surface area contributed by atoms with Crippen LogP contribution in [0.3, 0.4) is 0 Å². The molecule has 1 saturated heterocycles. The summed E-state index contributed by atoms with van der Waals surface area (Å²) in [5, 5.41) is 0. The quantitative estimate of drug-likeness (QED) is 0.691. The molecule has 3 heteroatoms. The van der Waals surface area contributed by atoms with E-state index in [9.17, 15) is 4.79 Å². The summed E-state index contributed by atoms with van der Waals surface area (Å²) in [5.74, 6) is 0.444. The van der Waals surface area contributed by atoms with Crippen LogP contribution in [0.5, 0.6) is 0 Å². The smallest absolute Gasteiger partial charge is 0.165 e. The highest BCUT2D eigenvalue weighted by Gasteiger charge is 2.33. The van der Waals surface area contributed by atoms with Crippen LogP contribution in [0.4, 0.5) is 0 Å². The molecule has 0 bridgehead atoms. The van der Waals surface area contributed by atoms with Crippen LogP contribution in [0.1, 0.15) is 45.4 Å². The minimum atomic E-state index is -0.384. The summed E-state index contributed by atoms with van der Waals surface area (Å²) in [6.45, 7) is 3.43. The molecule has 92 valence electrons. The molecule has 0 spiro atoms. The lowest BCUT2D eigenvalue weighted by Crippen LogP contribution is -2.29. The summed E-state index contributed by atoms with van der Waals surface area (Å²) in [6.07, 6.45) is 7.88. The molecule has 16 heavy (non-hydrogen) atoms. The number of hydrogen-bond donors (Lipinski definition) is 0. The molecule has 0 aromatic rings. The molecule has 0 unspecified atom stereocenters. The van der Waals surface area contributed by atoms with Crippen LogP contribution in [-0.4, -0.2) is 25.3 Å². The highest BCUT2D eigenvalue weighted by Crippen LogP contribution is 2.35. The number of carbonyl (C=O) groups excluding carboxylic acids is 1. The van der Waals surface area contributed by atoms with Gasteiger partial charge in [-0.3, -0.25) is 0 Å². The lowest BCUT2D eigenvalue weighted by molar-refractivity contribution is -0.150. The Kier molecular flexibility index (Phi) is 3.98. The van der Waals surface area contributed by atoms with Gasteiger partial charge in [-0.25, -0.2) is 0 Å². The van der Waals surface area contributed by atoms with Gasteiger partial charge in [0.15, 0.2) is 5.79 Å². The van der Waals surface area contributed by atoms with Crippen LogP contribution in [0.2, 0.25) is 0 Å². The van der Waals surface area contributed by atoms with E-state index in [1.807, 2.05) is 6.92 Å². The summed E-state index contributed by atoms with van der Waals surface area (Å²) in [4.78, 5) is 11.0. The molecule has 1 aliphatic carbocycles. The second-order valence-corrected chi connectivity index (χ2v) is 5.21. The van der Waals surface area contributed by atoms with Gasteiger partial charge in [-0.05, 0) is 32.1 Å². The second kappa shape index (κ2) is 5.28. The highest BCUT2D eigenvalue weighted by molar-refractivity contribution is 5.54. The first-order valence-electron chi connectivity index (χ1n) is 6.47. The van der Waals surface area contributed by atoms with E-state index in [4.69, 9.17) is 9.47 Å². The van der Waals surface area contributed by atoms with Gasteiger partial charge < -0.3 is 14.3 Å². The van der Waals surface area contributed by atoms with Gasteiger partial charge in [-0.15, -0.1) is 0 Å². The van der Waals surface area contributed by atoms with E-state index >= 15 is 0 Å². The molecule has 1 saturated carbocycles. The minimum Gasteiger partial charge on any atom is -0.348 e. The molecule has 2 atom stereocenters. The van der Waals surface area contributed by atoms with E-state index in [0.29, 0.717) is 19.1 Å². The third kappa shape index (κ3) is 2.83. The SMILES string of the molecule is CC1(CC[C@@H]2CCCC[C@H]2C=O)OCCO1. The topological polar surface area (TPSA) is 35.5 Å². The van der Waals surface area contributed by atoms with E-state index in [0.717, 1.165) is 25.5 Å². The Morgan fingerprint density at radius 1 is 1.25 bits per heavy atom. The van der Waals surface area contributed by atoms with Gasteiger partial charge in [0.05, 0.1) is 13.2 Å². The summed E-state index contributed by atoms with van der Waals surface area (Å²) < 4.78 is 11.2. The minimum absolute atomic E-state index is 0.277. The third-order valence-electron chi connectivity index (χ3n) is 4.01. The van der Waals surface area contributed by atoms with Crippen molar-refractivity contribution in [3.05, 3.63) is 0 Å². The van der Waals surface area contributed by atoms with Crippen molar-refractivity contribution in [1.29, 1.82) is 0 Å². The van der Waals surface area contributed by atoms with Crippen molar-refractivity contribution >= 4 is 6.29 Å². The molecule has 3 nitrogen and oxygen atoms in total. The molecule has 1 aliphatic heterocycles. The Bertz CT molecular complexity index is 233. The lowest BCUT2D eigenvalue weighted by atomic mass is 9.77. The fourth-order valence-corrected chi connectivity index (χ4v) is 2.92. The van der Waals surface area contributed by atoms with Gasteiger partial charge in [-0.2, -0.15) is 0 Å². The molecule has 0 N–H and O–H groups in total. The van der Waals surface area contributed by atoms with Crippen LogP contribution in [0.25, 0.3) is 0 Å². The van der Waals surface area contributed by atoms with Crippen molar-refractivity contribution in [2.24, 2.45) is 11.8 Å². The molecule has 0 aromatic carbocycles. The molecular formula is C13H22O3. The molecule has 2 rings (SSSR count). The van der Waals surface area contributed by atoms with E-state index in [-0.39, 0.29) is 11.7 Å². The predicted molar refractivity (Wildman–Crippen MR) is 61.1 cm³/mol.